The number of hydrogen-bond donors (Lipinski definition) is 0. The minimum atomic E-state index is -0.391. The molecule has 1 saturated carbocycles. The van der Waals surface area contributed by atoms with Gasteiger partial charge in [-0.2, -0.15) is 0 Å². The van der Waals surface area contributed by atoms with Gasteiger partial charge in [-0.15, -0.1) is 0 Å². The van der Waals surface area contributed by atoms with Crippen LogP contribution in [0.1, 0.15) is 66.2 Å². The second-order valence-electron chi connectivity index (χ2n) is 5.97. The summed E-state index contributed by atoms with van der Waals surface area (Å²) >= 11 is 0. The van der Waals surface area contributed by atoms with E-state index in [2.05, 4.69) is 6.92 Å². The van der Waals surface area contributed by atoms with Crippen LogP contribution in [-0.4, -0.2) is 29.2 Å². The zero-order valence-corrected chi connectivity index (χ0v) is 11.8. The number of nitrogens with zero attached hydrogens (tertiary/aromatic N) is 1. The summed E-state index contributed by atoms with van der Waals surface area (Å²) in [4.78, 5) is 14.1. The van der Waals surface area contributed by atoms with Crippen LogP contribution in [-0.2, 0) is 4.74 Å². The second kappa shape index (κ2) is 6.27. The number of hydrogen-bond acceptors (Lipinski definition) is 2. The molecule has 3 nitrogen and oxygen atoms in total. The highest BCUT2D eigenvalue weighted by molar-refractivity contribution is 5.68. The predicted molar refractivity (Wildman–Crippen MR) is 70.1 cm³/mol. The minimum Gasteiger partial charge on any atom is -0.444 e. The maximum atomic E-state index is 12.2. The second-order valence-corrected chi connectivity index (χ2v) is 5.97. The Hall–Kier alpha value is -0.730. The molecule has 0 radical (unpaired) electrons. The molecule has 0 spiro atoms. The molecule has 0 heterocycles. The summed E-state index contributed by atoms with van der Waals surface area (Å²) < 4.78 is 5.49. The molecule has 1 aliphatic carbocycles. The van der Waals surface area contributed by atoms with Crippen molar-refractivity contribution < 1.29 is 9.53 Å². The lowest BCUT2D eigenvalue weighted by Gasteiger charge is -2.35. The first-order valence-corrected chi connectivity index (χ1v) is 6.93. The van der Waals surface area contributed by atoms with Crippen LogP contribution >= 0.6 is 0 Å². The summed E-state index contributed by atoms with van der Waals surface area (Å²) in [6.45, 7) is 8.71. The van der Waals surface area contributed by atoms with Gasteiger partial charge in [-0.3, -0.25) is 0 Å². The summed E-state index contributed by atoms with van der Waals surface area (Å²) in [5.41, 5.74) is -0.391. The molecule has 0 atom stereocenters. The molecule has 0 aromatic rings. The lowest BCUT2D eigenvalue weighted by Crippen LogP contribution is -2.44. The van der Waals surface area contributed by atoms with E-state index in [9.17, 15) is 4.79 Å². The number of carbonyl (C=O) groups is 1. The molecule has 100 valence electrons. The van der Waals surface area contributed by atoms with Gasteiger partial charge in [0, 0.05) is 12.6 Å². The first-order chi connectivity index (χ1) is 7.94. The van der Waals surface area contributed by atoms with Gasteiger partial charge in [0.1, 0.15) is 5.60 Å². The van der Waals surface area contributed by atoms with Crippen molar-refractivity contribution in [2.24, 2.45) is 0 Å². The Morgan fingerprint density at radius 3 is 2.29 bits per heavy atom. The van der Waals surface area contributed by atoms with Gasteiger partial charge in [0.05, 0.1) is 0 Å². The molecule has 0 unspecified atom stereocenters. The van der Waals surface area contributed by atoms with E-state index in [0.717, 1.165) is 25.8 Å². The van der Waals surface area contributed by atoms with E-state index >= 15 is 0 Å². The van der Waals surface area contributed by atoms with Gasteiger partial charge < -0.3 is 9.64 Å². The molecule has 3 heteroatoms. The smallest absolute Gasteiger partial charge is 0.410 e. The first kappa shape index (κ1) is 14.3. The first-order valence-electron chi connectivity index (χ1n) is 6.93. The quantitative estimate of drug-likeness (QED) is 0.748. The molecular weight excluding hydrogens is 214 g/mol. The molecule has 17 heavy (non-hydrogen) atoms. The van der Waals surface area contributed by atoms with Gasteiger partial charge in [0.25, 0.3) is 0 Å². The Kier molecular flexibility index (Phi) is 5.29. The van der Waals surface area contributed by atoms with Crippen molar-refractivity contribution in [1.29, 1.82) is 0 Å². The van der Waals surface area contributed by atoms with Crippen LogP contribution in [0.3, 0.4) is 0 Å². The fourth-order valence-electron chi connectivity index (χ4n) is 2.38. The van der Waals surface area contributed by atoms with Crippen molar-refractivity contribution in [3.63, 3.8) is 0 Å². The van der Waals surface area contributed by atoms with Crippen LogP contribution < -0.4 is 0 Å². The molecule has 0 aromatic heterocycles. The monoisotopic (exact) mass is 241 g/mol. The highest BCUT2D eigenvalue weighted by atomic mass is 16.6. The predicted octanol–water partition coefficient (Wildman–Crippen LogP) is 3.97. The Morgan fingerprint density at radius 1 is 1.24 bits per heavy atom. The highest BCUT2D eigenvalue weighted by Gasteiger charge is 2.28. The van der Waals surface area contributed by atoms with Crippen molar-refractivity contribution in [2.45, 2.75) is 77.9 Å². The number of ether oxygens (including phenoxy) is 1. The van der Waals surface area contributed by atoms with Gasteiger partial charge in [0.15, 0.2) is 0 Å². The molecule has 0 bridgehead atoms. The van der Waals surface area contributed by atoms with Gasteiger partial charge >= 0.3 is 6.09 Å². The molecule has 0 aromatic carbocycles. The fourth-order valence-corrected chi connectivity index (χ4v) is 2.38. The average molecular weight is 241 g/mol. The number of amides is 1. The molecule has 1 aliphatic rings. The zero-order chi connectivity index (χ0) is 12.9. The molecule has 0 saturated heterocycles. The summed E-state index contributed by atoms with van der Waals surface area (Å²) in [6, 6.07) is 0.401. The van der Waals surface area contributed by atoms with Crippen LogP contribution in [0.4, 0.5) is 4.79 Å². The molecule has 1 rings (SSSR count). The standard InChI is InChI=1S/C14H27NO2/c1-5-11-15(12-9-7-6-8-10-12)13(16)17-14(2,3)4/h12H,5-11H2,1-4H3. The summed E-state index contributed by atoms with van der Waals surface area (Å²) in [5, 5.41) is 0. The summed E-state index contributed by atoms with van der Waals surface area (Å²) in [7, 11) is 0. The van der Waals surface area contributed by atoms with Crippen molar-refractivity contribution >= 4 is 6.09 Å². The Bertz CT molecular complexity index is 239. The molecule has 0 aliphatic heterocycles. The zero-order valence-electron chi connectivity index (χ0n) is 11.8. The van der Waals surface area contributed by atoms with E-state index in [0.29, 0.717) is 6.04 Å². The van der Waals surface area contributed by atoms with E-state index in [1.807, 2.05) is 25.7 Å². The molecular formula is C14H27NO2. The van der Waals surface area contributed by atoms with Gasteiger partial charge in [-0.1, -0.05) is 26.2 Å². The number of rotatable bonds is 3. The van der Waals surface area contributed by atoms with E-state index in [-0.39, 0.29) is 6.09 Å². The largest absolute Gasteiger partial charge is 0.444 e. The molecule has 1 fully saturated rings. The third-order valence-corrected chi connectivity index (χ3v) is 3.11. The Morgan fingerprint density at radius 2 is 1.82 bits per heavy atom. The topological polar surface area (TPSA) is 29.5 Å². The molecule has 0 N–H and O–H groups in total. The van der Waals surface area contributed by atoms with Gasteiger partial charge in [-0.25, -0.2) is 4.79 Å². The van der Waals surface area contributed by atoms with Crippen LogP contribution in [0, 0.1) is 0 Å². The lowest BCUT2D eigenvalue weighted by atomic mass is 9.94. The normalized spacial score (nSPS) is 17.9. The van der Waals surface area contributed by atoms with Crippen molar-refractivity contribution in [1.82, 2.24) is 4.90 Å². The average Bonchev–Trinajstić information content (AvgIpc) is 2.24. The minimum absolute atomic E-state index is 0.133. The van der Waals surface area contributed by atoms with E-state index < -0.39 is 5.60 Å². The van der Waals surface area contributed by atoms with E-state index in [1.54, 1.807) is 0 Å². The van der Waals surface area contributed by atoms with Crippen molar-refractivity contribution in [2.75, 3.05) is 6.54 Å². The van der Waals surface area contributed by atoms with Crippen LogP contribution in [0.25, 0.3) is 0 Å². The third kappa shape index (κ3) is 4.97. The maximum Gasteiger partial charge on any atom is 0.410 e. The van der Waals surface area contributed by atoms with E-state index in [1.165, 1.54) is 19.3 Å². The summed E-state index contributed by atoms with van der Waals surface area (Å²) in [6.07, 6.45) is 6.94. The van der Waals surface area contributed by atoms with Crippen molar-refractivity contribution in [3.8, 4) is 0 Å². The van der Waals surface area contributed by atoms with Crippen LogP contribution in [0.2, 0.25) is 0 Å². The Labute approximate surface area is 106 Å². The lowest BCUT2D eigenvalue weighted by molar-refractivity contribution is 0.0122. The Balaban J connectivity index is 2.60. The SMILES string of the molecule is CCCN(C(=O)OC(C)(C)C)C1CCCCC1. The van der Waals surface area contributed by atoms with Gasteiger partial charge in [-0.05, 0) is 40.0 Å². The summed E-state index contributed by atoms with van der Waals surface area (Å²) in [5.74, 6) is 0. The third-order valence-electron chi connectivity index (χ3n) is 3.11. The van der Waals surface area contributed by atoms with Crippen molar-refractivity contribution in [3.05, 3.63) is 0 Å². The van der Waals surface area contributed by atoms with Crippen LogP contribution in [0.15, 0.2) is 0 Å². The van der Waals surface area contributed by atoms with Gasteiger partial charge in [0.2, 0.25) is 0 Å². The fraction of sp³-hybridized carbons (Fsp3) is 0.929. The van der Waals surface area contributed by atoms with Crippen LogP contribution in [0.5, 0.6) is 0 Å². The highest BCUT2D eigenvalue weighted by Crippen LogP contribution is 2.24. The molecule has 1 amide bonds. The maximum absolute atomic E-state index is 12.2. The number of carbonyl (C=O) groups excluding carboxylic acids is 1. The van der Waals surface area contributed by atoms with E-state index in [4.69, 9.17) is 4.74 Å².